The molecule has 1 heterocycles. The van der Waals surface area contributed by atoms with Crippen molar-refractivity contribution in [3.63, 3.8) is 0 Å². The number of carbonyl (C=O) groups is 3. The first-order chi connectivity index (χ1) is 13.3. The van der Waals surface area contributed by atoms with E-state index in [4.69, 9.17) is 23.2 Å². The molecule has 1 aliphatic heterocycles. The molecule has 2 aromatic carbocycles. The van der Waals surface area contributed by atoms with Crippen LogP contribution in [0.1, 0.15) is 29.2 Å². The topological polar surface area (TPSA) is 74.7 Å². The monoisotopic (exact) mass is 415 g/mol. The average Bonchev–Trinajstić information content (AvgIpc) is 2.97. The van der Waals surface area contributed by atoms with Crippen LogP contribution in [-0.2, 0) is 24.1 Å². The molecule has 3 atom stereocenters. The Kier molecular flexibility index (Phi) is 3.39. The number of halogens is 2. The smallest absolute Gasteiger partial charge is 0.326 e. The summed E-state index contributed by atoms with van der Waals surface area (Å²) in [4.78, 5) is 36.5. The first-order valence-electron chi connectivity index (χ1n) is 8.93. The van der Waals surface area contributed by atoms with Gasteiger partial charge in [0.2, 0.25) is 11.8 Å². The summed E-state index contributed by atoms with van der Waals surface area (Å²) < 4.78 is 0. The lowest BCUT2D eigenvalue weighted by molar-refractivity contribution is -0.154. The summed E-state index contributed by atoms with van der Waals surface area (Å²) in [6.45, 7) is 1.32. The van der Waals surface area contributed by atoms with Gasteiger partial charge in [-0.2, -0.15) is 0 Å². The molecule has 6 rings (SSSR count). The molecule has 0 aromatic heterocycles. The van der Waals surface area contributed by atoms with Crippen molar-refractivity contribution in [2.24, 2.45) is 11.8 Å². The molecule has 4 aliphatic rings. The Balaban J connectivity index is 1.86. The number of imide groups is 1. The number of hydrogen-bond acceptors (Lipinski definition) is 3. The molecule has 0 unspecified atom stereocenters. The first-order valence-corrected chi connectivity index (χ1v) is 9.68. The van der Waals surface area contributed by atoms with Crippen molar-refractivity contribution in [3.8, 4) is 0 Å². The van der Waals surface area contributed by atoms with Gasteiger partial charge in [-0.05, 0) is 29.2 Å². The molecular weight excluding hydrogens is 401 g/mol. The molecule has 2 amide bonds. The molecule has 0 spiro atoms. The van der Waals surface area contributed by atoms with Crippen LogP contribution in [0.15, 0.2) is 48.5 Å². The van der Waals surface area contributed by atoms with Crippen LogP contribution >= 0.6 is 23.2 Å². The van der Waals surface area contributed by atoms with E-state index in [0.29, 0.717) is 22.3 Å². The van der Waals surface area contributed by atoms with Gasteiger partial charge in [-0.3, -0.25) is 14.5 Å². The van der Waals surface area contributed by atoms with Crippen LogP contribution in [0.3, 0.4) is 0 Å². The zero-order valence-corrected chi connectivity index (χ0v) is 16.2. The first kappa shape index (κ1) is 17.7. The highest BCUT2D eigenvalue weighted by molar-refractivity contribution is 6.36. The van der Waals surface area contributed by atoms with Crippen molar-refractivity contribution >= 4 is 41.0 Å². The Morgan fingerprint density at radius 3 is 1.50 bits per heavy atom. The summed E-state index contributed by atoms with van der Waals surface area (Å²) in [6, 6.07) is 13.3. The predicted molar refractivity (Wildman–Crippen MR) is 102 cm³/mol. The number of carboxylic acids is 1. The Labute approximate surface area is 170 Å². The second-order valence-electron chi connectivity index (χ2n) is 7.53. The maximum absolute atomic E-state index is 13.4. The maximum atomic E-state index is 13.4. The van der Waals surface area contributed by atoms with E-state index in [1.165, 1.54) is 6.92 Å². The van der Waals surface area contributed by atoms with Gasteiger partial charge in [-0.15, -0.1) is 23.2 Å². The molecule has 1 saturated heterocycles. The Morgan fingerprint density at radius 2 is 1.21 bits per heavy atom. The second-order valence-corrected chi connectivity index (χ2v) is 8.72. The molecule has 2 bridgehead atoms. The van der Waals surface area contributed by atoms with Gasteiger partial charge < -0.3 is 5.11 Å². The number of hydrogen-bond donors (Lipinski definition) is 1. The number of carbonyl (C=O) groups excluding carboxylic acids is 2. The van der Waals surface area contributed by atoms with Crippen LogP contribution in [-0.4, -0.2) is 33.8 Å². The van der Waals surface area contributed by atoms with E-state index in [2.05, 4.69) is 0 Å². The van der Waals surface area contributed by atoms with E-state index < -0.39 is 45.4 Å². The van der Waals surface area contributed by atoms with Gasteiger partial charge in [-0.1, -0.05) is 48.5 Å². The number of amides is 2. The van der Waals surface area contributed by atoms with E-state index >= 15 is 0 Å². The number of likely N-dealkylation sites (tertiary alicyclic amines) is 1. The number of benzene rings is 2. The van der Waals surface area contributed by atoms with E-state index in [9.17, 15) is 19.5 Å². The van der Waals surface area contributed by atoms with Gasteiger partial charge in [0, 0.05) is 0 Å². The molecule has 3 aliphatic carbocycles. The summed E-state index contributed by atoms with van der Waals surface area (Å²) in [7, 11) is 0. The summed E-state index contributed by atoms with van der Waals surface area (Å²) in [5.41, 5.74) is 2.77. The average molecular weight is 416 g/mol. The number of alkyl halides is 2. The molecule has 1 fully saturated rings. The Hall–Kier alpha value is -2.37. The third-order valence-corrected chi connectivity index (χ3v) is 7.65. The van der Waals surface area contributed by atoms with E-state index in [0.717, 1.165) is 4.90 Å². The SMILES string of the molecule is C[C@H](C(=O)O)N1C(=O)[C@H]2[C@H](C1=O)C1(Cl)c3ccccc3C2(Cl)c2ccccc21. The van der Waals surface area contributed by atoms with Gasteiger partial charge in [0.1, 0.15) is 15.8 Å². The fourth-order valence-electron chi connectivity index (χ4n) is 5.18. The lowest BCUT2D eigenvalue weighted by atomic mass is 9.54. The van der Waals surface area contributed by atoms with Crippen LogP contribution in [0.4, 0.5) is 0 Å². The van der Waals surface area contributed by atoms with Crippen molar-refractivity contribution in [1.29, 1.82) is 0 Å². The van der Waals surface area contributed by atoms with Crippen LogP contribution in [0, 0.1) is 11.8 Å². The molecular formula is C21H15Cl2NO4. The highest BCUT2D eigenvalue weighted by Crippen LogP contribution is 2.69. The molecule has 2 aromatic rings. The number of rotatable bonds is 2. The second kappa shape index (κ2) is 5.37. The maximum Gasteiger partial charge on any atom is 0.326 e. The van der Waals surface area contributed by atoms with Crippen LogP contribution in [0.2, 0.25) is 0 Å². The van der Waals surface area contributed by atoms with E-state index in [1.54, 1.807) is 0 Å². The van der Waals surface area contributed by atoms with Gasteiger partial charge in [0.15, 0.2) is 0 Å². The Morgan fingerprint density at radius 1 is 0.893 bits per heavy atom. The highest BCUT2D eigenvalue weighted by atomic mass is 35.5. The van der Waals surface area contributed by atoms with Crippen LogP contribution < -0.4 is 0 Å². The van der Waals surface area contributed by atoms with Crippen molar-refractivity contribution < 1.29 is 19.5 Å². The number of aliphatic carboxylic acids is 1. The molecule has 0 saturated carbocycles. The minimum absolute atomic E-state index is 0.589. The summed E-state index contributed by atoms with van der Waals surface area (Å²) in [5.74, 6) is -4.37. The lowest BCUT2D eigenvalue weighted by Gasteiger charge is -2.54. The minimum atomic E-state index is -1.29. The molecule has 0 radical (unpaired) electrons. The molecule has 28 heavy (non-hydrogen) atoms. The molecule has 7 heteroatoms. The van der Waals surface area contributed by atoms with Crippen molar-refractivity contribution in [2.75, 3.05) is 0 Å². The van der Waals surface area contributed by atoms with Gasteiger partial charge in [0.25, 0.3) is 0 Å². The quantitative estimate of drug-likeness (QED) is 0.603. The van der Waals surface area contributed by atoms with Crippen molar-refractivity contribution in [3.05, 3.63) is 70.8 Å². The summed E-state index contributed by atoms with van der Waals surface area (Å²) in [5, 5.41) is 9.42. The standard InChI is InChI=1S/C21H15Cl2NO4/c1-10(19(27)28)24-17(25)15-16(18(24)26)21(23)12-7-3-2-6-11(12)20(15,22)13-8-4-5-9-14(13)21/h2-10,15-16H,1H3,(H,27,28)/t10-,15-,16-,20?,21?/m1/s1. The zero-order chi connectivity index (χ0) is 20.0. The fourth-order valence-corrected chi connectivity index (χ4v) is 6.28. The number of nitrogens with zero attached hydrogens (tertiary/aromatic N) is 1. The van der Waals surface area contributed by atoms with Crippen molar-refractivity contribution in [2.45, 2.75) is 22.7 Å². The zero-order valence-electron chi connectivity index (χ0n) is 14.7. The highest BCUT2D eigenvalue weighted by Gasteiger charge is 2.73. The number of carboxylic acid groups (broad SMARTS) is 1. The predicted octanol–water partition coefficient (Wildman–Crippen LogP) is 3.05. The lowest BCUT2D eigenvalue weighted by Crippen LogP contribution is -2.57. The third-order valence-electron chi connectivity index (χ3n) is 6.36. The molecule has 1 N–H and O–H groups in total. The largest absolute Gasteiger partial charge is 0.480 e. The van der Waals surface area contributed by atoms with Crippen LogP contribution in [0.5, 0.6) is 0 Å². The van der Waals surface area contributed by atoms with E-state index in [-0.39, 0.29) is 0 Å². The van der Waals surface area contributed by atoms with Crippen molar-refractivity contribution in [1.82, 2.24) is 4.90 Å². The summed E-state index contributed by atoms with van der Waals surface area (Å²) in [6.07, 6.45) is 0. The molecule has 142 valence electrons. The fraction of sp³-hybridized carbons (Fsp3) is 0.286. The van der Waals surface area contributed by atoms with Gasteiger partial charge in [0.05, 0.1) is 11.8 Å². The van der Waals surface area contributed by atoms with Gasteiger partial charge >= 0.3 is 5.97 Å². The minimum Gasteiger partial charge on any atom is -0.480 e. The summed E-state index contributed by atoms with van der Waals surface area (Å²) >= 11 is 14.5. The third kappa shape index (κ3) is 1.73. The Bertz CT molecular complexity index is 960. The van der Waals surface area contributed by atoms with E-state index in [1.807, 2.05) is 48.5 Å². The van der Waals surface area contributed by atoms with Gasteiger partial charge in [-0.25, -0.2) is 4.79 Å². The molecule has 5 nitrogen and oxygen atoms in total. The normalized spacial score (nSPS) is 33.3. The van der Waals surface area contributed by atoms with Crippen LogP contribution in [0.25, 0.3) is 0 Å².